The van der Waals surface area contributed by atoms with Crippen molar-refractivity contribution in [3.8, 4) is 0 Å². The summed E-state index contributed by atoms with van der Waals surface area (Å²) in [6, 6.07) is 0. The van der Waals surface area contributed by atoms with E-state index >= 15 is 0 Å². The van der Waals surface area contributed by atoms with Crippen molar-refractivity contribution in [3.63, 3.8) is 0 Å². The molecule has 0 fully saturated rings. The lowest BCUT2D eigenvalue weighted by Gasteiger charge is -2.04. The summed E-state index contributed by atoms with van der Waals surface area (Å²) >= 11 is 5.43. The molecule has 0 aliphatic heterocycles. The van der Waals surface area contributed by atoms with Crippen molar-refractivity contribution in [2.24, 2.45) is 0 Å². The standard InChI is InChI=1S/C4H4Cl/c5-4-2-1-3-4/h2,4H,3H2. The van der Waals surface area contributed by atoms with Gasteiger partial charge in [0.05, 0.1) is 5.38 Å². The summed E-state index contributed by atoms with van der Waals surface area (Å²) in [6.45, 7) is 0. The third-order valence-electron chi connectivity index (χ3n) is 0.612. The first-order valence-electron chi connectivity index (χ1n) is 1.60. The molecular weight excluding hydrogens is 83.5 g/mol. The second kappa shape index (κ2) is 1.02. The number of halogens is 1. The van der Waals surface area contributed by atoms with E-state index in [2.05, 4.69) is 6.08 Å². The maximum Gasteiger partial charge on any atom is 0.0562 e. The van der Waals surface area contributed by atoms with E-state index in [4.69, 9.17) is 11.6 Å². The molecule has 0 N–H and O–H groups in total. The highest BCUT2D eigenvalue weighted by atomic mass is 35.5. The van der Waals surface area contributed by atoms with Gasteiger partial charge in [0.1, 0.15) is 0 Å². The molecule has 1 radical (unpaired) electrons. The SMILES string of the molecule is ClC1C=[C]C1. The third-order valence-corrected chi connectivity index (χ3v) is 0.892. The van der Waals surface area contributed by atoms with Gasteiger partial charge in [0, 0.05) is 0 Å². The van der Waals surface area contributed by atoms with Crippen molar-refractivity contribution in [2.75, 3.05) is 0 Å². The van der Waals surface area contributed by atoms with Gasteiger partial charge in [0.25, 0.3) is 0 Å². The molecule has 1 unspecified atom stereocenters. The van der Waals surface area contributed by atoms with E-state index in [1.54, 1.807) is 0 Å². The van der Waals surface area contributed by atoms with Crippen LogP contribution in [-0.4, -0.2) is 5.38 Å². The van der Waals surface area contributed by atoms with Crippen LogP contribution in [0.3, 0.4) is 0 Å². The van der Waals surface area contributed by atoms with Gasteiger partial charge in [-0.15, -0.1) is 11.6 Å². The lowest BCUT2D eigenvalue weighted by atomic mass is 10.1. The van der Waals surface area contributed by atoms with Crippen molar-refractivity contribution in [1.29, 1.82) is 0 Å². The first-order valence-corrected chi connectivity index (χ1v) is 2.04. The van der Waals surface area contributed by atoms with Gasteiger partial charge in [-0.3, -0.25) is 0 Å². The minimum absolute atomic E-state index is 0.301. The molecular formula is C4H4Cl. The molecule has 1 rings (SSSR count). The Bertz CT molecular complexity index is 56.7. The van der Waals surface area contributed by atoms with Crippen LogP contribution in [0.2, 0.25) is 0 Å². The van der Waals surface area contributed by atoms with E-state index in [0.29, 0.717) is 5.38 Å². The minimum Gasteiger partial charge on any atom is -0.118 e. The molecule has 0 aromatic carbocycles. The first-order chi connectivity index (χ1) is 2.39. The van der Waals surface area contributed by atoms with Crippen molar-refractivity contribution < 1.29 is 0 Å². The highest BCUT2D eigenvalue weighted by Gasteiger charge is 2.02. The van der Waals surface area contributed by atoms with Crippen LogP contribution in [0.5, 0.6) is 0 Å². The van der Waals surface area contributed by atoms with Gasteiger partial charge >= 0.3 is 0 Å². The normalized spacial score (nSPS) is 33.4. The monoisotopic (exact) mass is 87.0 g/mol. The number of hydrogen-bond donors (Lipinski definition) is 0. The molecule has 1 aliphatic carbocycles. The molecule has 1 aliphatic rings. The zero-order valence-electron chi connectivity index (χ0n) is 2.74. The van der Waals surface area contributed by atoms with Gasteiger partial charge in [-0.1, -0.05) is 6.08 Å². The number of alkyl halides is 1. The lowest BCUT2D eigenvalue weighted by Crippen LogP contribution is -1.98. The Kier molecular flexibility index (Phi) is 0.657. The largest absolute Gasteiger partial charge is 0.118 e. The predicted octanol–water partition coefficient (Wildman–Crippen LogP) is 1.36. The Balaban J connectivity index is 2.39. The highest BCUT2D eigenvalue weighted by molar-refractivity contribution is 6.22. The summed E-state index contributed by atoms with van der Waals surface area (Å²) in [5.41, 5.74) is 0. The van der Waals surface area contributed by atoms with Crippen LogP contribution < -0.4 is 0 Å². The van der Waals surface area contributed by atoms with E-state index in [0.717, 1.165) is 6.42 Å². The molecule has 1 atom stereocenters. The van der Waals surface area contributed by atoms with Gasteiger partial charge in [0.2, 0.25) is 0 Å². The second-order valence-electron chi connectivity index (χ2n) is 1.09. The summed E-state index contributed by atoms with van der Waals surface area (Å²) in [5.74, 6) is 0. The van der Waals surface area contributed by atoms with E-state index in [-0.39, 0.29) is 0 Å². The Hall–Kier alpha value is 0.0300. The van der Waals surface area contributed by atoms with Gasteiger partial charge in [0.15, 0.2) is 0 Å². The summed E-state index contributed by atoms with van der Waals surface area (Å²) in [5, 5.41) is 0.301. The fraction of sp³-hybridized carbons (Fsp3) is 0.500. The number of allylic oxidation sites excluding steroid dienone is 2. The maximum atomic E-state index is 5.43. The number of hydrogen-bond acceptors (Lipinski definition) is 0. The minimum atomic E-state index is 0.301. The topological polar surface area (TPSA) is 0 Å². The molecule has 0 saturated carbocycles. The van der Waals surface area contributed by atoms with Crippen molar-refractivity contribution in [1.82, 2.24) is 0 Å². The summed E-state index contributed by atoms with van der Waals surface area (Å²) in [7, 11) is 0. The lowest BCUT2D eigenvalue weighted by molar-refractivity contribution is 0.937. The van der Waals surface area contributed by atoms with Crippen molar-refractivity contribution >= 4 is 11.6 Å². The van der Waals surface area contributed by atoms with E-state index < -0.39 is 0 Å². The third kappa shape index (κ3) is 0.457. The Morgan fingerprint density at radius 3 is 2.40 bits per heavy atom. The predicted molar refractivity (Wildman–Crippen MR) is 22.1 cm³/mol. The average molecular weight is 87.5 g/mol. The molecule has 1 heteroatoms. The molecule has 0 heterocycles. The molecule has 5 heavy (non-hydrogen) atoms. The molecule has 0 saturated heterocycles. The zero-order chi connectivity index (χ0) is 3.70. The summed E-state index contributed by atoms with van der Waals surface area (Å²) in [6.07, 6.45) is 5.71. The summed E-state index contributed by atoms with van der Waals surface area (Å²) in [4.78, 5) is 0. The Labute approximate surface area is 36.4 Å². The van der Waals surface area contributed by atoms with Crippen LogP contribution >= 0.6 is 11.6 Å². The molecule has 0 aromatic rings. The van der Waals surface area contributed by atoms with Crippen molar-refractivity contribution in [3.05, 3.63) is 12.2 Å². The molecule has 0 nitrogen and oxygen atoms in total. The van der Waals surface area contributed by atoms with Crippen LogP contribution in [0.1, 0.15) is 6.42 Å². The van der Waals surface area contributed by atoms with Crippen LogP contribution in [-0.2, 0) is 0 Å². The molecule has 0 aromatic heterocycles. The van der Waals surface area contributed by atoms with E-state index in [1.165, 1.54) is 0 Å². The van der Waals surface area contributed by atoms with Gasteiger partial charge in [-0.2, -0.15) is 0 Å². The van der Waals surface area contributed by atoms with Crippen LogP contribution in [0.4, 0.5) is 0 Å². The second-order valence-corrected chi connectivity index (χ2v) is 1.65. The Morgan fingerprint density at radius 1 is 2.00 bits per heavy atom. The van der Waals surface area contributed by atoms with Gasteiger partial charge < -0.3 is 0 Å². The molecule has 0 amide bonds. The summed E-state index contributed by atoms with van der Waals surface area (Å²) < 4.78 is 0. The average Bonchev–Trinajstić information content (AvgIpc) is 1.30. The quantitative estimate of drug-likeness (QED) is 0.392. The van der Waals surface area contributed by atoms with E-state index in [1.807, 2.05) is 6.08 Å². The zero-order valence-corrected chi connectivity index (χ0v) is 3.50. The highest BCUT2D eigenvalue weighted by Crippen LogP contribution is 2.11. The van der Waals surface area contributed by atoms with Gasteiger partial charge in [-0.25, -0.2) is 0 Å². The maximum absolute atomic E-state index is 5.43. The molecule has 0 spiro atoms. The van der Waals surface area contributed by atoms with Crippen LogP contribution in [0.15, 0.2) is 6.08 Å². The molecule has 27 valence electrons. The Morgan fingerprint density at radius 2 is 2.40 bits per heavy atom. The van der Waals surface area contributed by atoms with E-state index in [9.17, 15) is 0 Å². The van der Waals surface area contributed by atoms with Gasteiger partial charge in [-0.05, 0) is 12.5 Å². The number of rotatable bonds is 0. The fourth-order valence-corrected chi connectivity index (χ4v) is 0.385. The van der Waals surface area contributed by atoms with Crippen LogP contribution in [0.25, 0.3) is 0 Å². The smallest absolute Gasteiger partial charge is 0.0562 e. The van der Waals surface area contributed by atoms with Crippen LogP contribution in [0, 0.1) is 6.08 Å². The van der Waals surface area contributed by atoms with Crippen molar-refractivity contribution in [2.45, 2.75) is 11.8 Å². The molecule has 0 bridgehead atoms. The first kappa shape index (κ1) is 3.23. The fourth-order valence-electron chi connectivity index (χ4n) is 0.207.